The fourth-order valence-electron chi connectivity index (χ4n) is 3.98. The molecule has 0 radical (unpaired) electrons. The van der Waals surface area contributed by atoms with E-state index in [0.29, 0.717) is 23.7 Å². The Morgan fingerprint density at radius 2 is 2.10 bits per heavy atom. The van der Waals surface area contributed by atoms with E-state index in [0.717, 1.165) is 28.5 Å². The Labute approximate surface area is 181 Å². The number of rotatable bonds is 6. The molecule has 0 saturated heterocycles. The molecule has 0 bridgehead atoms. The Balaban J connectivity index is 1.61. The zero-order chi connectivity index (χ0) is 22.3. The molecule has 8 nitrogen and oxygen atoms in total. The number of hydrogen-bond acceptors (Lipinski definition) is 5. The summed E-state index contributed by atoms with van der Waals surface area (Å²) in [6.45, 7) is 7.73. The lowest BCUT2D eigenvalue weighted by Crippen LogP contribution is -2.42. The van der Waals surface area contributed by atoms with Gasteiger partial charge in [-0.15, -0.1) is 0 Å². The molecular formula is C23H29N4O4+. The third-order valence-electron chi connectivity index (χ3n) is 6.04. The van der Waals surface area contributed by atoms with E-state index in [1.807, 2.05) is 43.8 Å². The number of benzene rings is 1. The van der Waals surface area contributed by atoms with E-state index in [2.05, 4.69) is 5.32 Å². The molecule has 0 atom stereocenters. The lowest BCUT2D eigenvalue weighted by molar-refractivity contribution is -0.909. The van der Waals surface area contributed by atoms with E-state index in [4.69, 9.17) is 9.84 Å². The van der Waals surface area contributed by atoms with Crippen LogP contribution in [-0.4, -0.2) is 38.2 Å². The van der Waals surface area contributed by atoms with Crippen molar-refractivity contribution in [2.75, 3.05) is 11.9 Å². The van der Waals surface area contributed by atoms with Gasteiger partial charge in [-0.05, 0) is 51.7 Å². The predicted molar refractivity (Wildman–Crippen MR) is 115 cm³/mol. The van der Waals surface area contributed by atoms with Crippen LogP contribution in [0.2, 0.25) is 0 Å². The van der Waals surface area contributed by atoms with Crippen molar-refractivity contribution in [3.63, 3.8) is 0 Å². The van der Waals surface area contributed by atoms with Crippen molar-refractivity contribution in [3.05, 3.63) is 47.9 Å². The number of aliphatic hydroxyl groups is 1. The Kier molecular flexibility index (Phi) is 5.35. The number of fused-ring (bicyclic) bond motifs is 1. The number of carbonyl (C=O) groups is 1. The summed E-state index contributed by atoms with van der Waals surface area (Å²) in [6, 6.07) is 8.89. The highest BCUT2D eigenvalue weighted by molar-refractivity contribution is 6.04. The summed E-state index contributed by atoms with van der Waals surface area (Å²) in [4.78, 5) is 12.8. The molecule has 1 saturated carbocycles. The van der Waals surface area contributed by atoms with Crippen LogP contribution in [-0.2, 0) is 0 Å². The molecule has 1 aromatic carbocycles. The minimum Gasteiger partial charge on any atom is -0.492 e. The maximum absolute atomic E-state index is 12.8. The Hall–Kier alpha value is -3.13. The predicted octanol–water partition coefficient (Wildman–Crippen LogP) is 3.24. The van der Waals surface area contributed by atoms with Crippen molar-refractivity contribution in [1.29, 1.82) is 0 Å². The number of anilines is 1. The standard InChI is InChI=1S/C23H28N4O4/c1-5-31-21-12-18-15(13-26(25-18)17-10-16(11-17)23(3,4)29)9-19(21)24-22(28)20-8-6-7-14(2)27(20)30/h6-9,12-13,16-17,29H,5,10-11H2,1-4H3,(H-,24,28,30)/p+1. The van der Waals surface area contributed by atoms with Crippen molar-refractivity contribution in [1.82, 2.24) is 9.78 Å². The van der Waals surface area contributed by atoms with Gasteiger partial charge in [-0.1, -0.05) is 0 Å². The van der Waals surface area contributed by atoms with Crippen molar-refractivity contribution >= 4 is 22.5 Å². The lowest BCUT2D eigenvalue weighted by atomic mass is 9.71. The van der Waals surface area contributed by atoms with Crippen molar-refractivity contribution in [3.8, 4) is 5.75 Å². The topological polar surface area (TPSA) is 100 Å². The summed E-state index contributed by atoms with van der Waals surface area (Å²) in [5.41, 5.74) is 1.30. The second-order valence-electron chi connectivity index (χ2n) is 8.74. The van der Waals surface area contributed by atoms with Crippen LogP contribution >= 0.6 is 0 Å². The van der Waals surface area contributed by atoms with Crippen LogP contribution in [0.25, 0.3) is 10.9 Å². The van der Waals surface area contributed by atoms with Gasteiger partial charge in [-0.25, -0.2) is 0 Å². The summed E-state index contributed by atoms with van der Waals surface area (Å²) in [6.07, 6.45) is 3.72. The van der Waals surface area contributed by atoms with E-state index >= 15 is 0 Å². The van der Waals surface area contributed by atoms with Gasteiger partial charge < -0.3 is 15.2 Å². The Bertz CT molecular complexity index is 1130. The third-order valence-corrected chi connectivity index (χ3v) is 6.04. The van der Waals surface area contributed by atoms with Gasteiger partial charge in [-0.2, -0.15) is 5.10 Å². The van der Waals surface area contributed by atoms with E-state index in [1.165, 1.54) is 0 Å². The van der Waals surface area contributed by atoms with E-state index in [-0.39, 0.29) is 17.7 Å². The largest absolute Gasteiger partial charge is 0.492 e. The first-order valence-electron chi connectivity index (χ1n) is 10.6. The first kappa shape index (κ1) is 21.1. The summed E-state index contributed by atoms with van der Waals surface area (Å²) >= 11 is 0. The molecule has 1 aliphatic carbocycles. The van der Waals surface area contributed by atoms with E-state index < -0.39 is 11.5 Å². The monoisotopic (exact) mass is 425 g/mol. The van der Waals surface area contributed by atoms with Crippen LogP contribution < -0.4 is 14.8 Å². The average molecular weight is 426 g/mol. The Morgan fingerprint density at radius 3 is 2.77 bits per heavy atom. The number of carbonyl (C=O) groups excluding carboxylic acids is 1. The van der Waals surface area contributed by atoms with Crippen LogP contribution in [0.1, 0.15) is 55.8 Å². The Morgan fingerprint density at radius 1 is 1.35 bits per heavy atom. The van der Waals surface area contributed by atoms with Gasteiger partial charge in [0.05, 0.1) is 29.5 Å². The average Bonchev–Trinajstić information content (AvgIpc) is 3.04. The second kappa shape index (κ2) is 7.85. The van der Waals surface area contributed by atoms with Crippen LogP contribution in [0, 0.1) is 12.8 Å². The normalized spacial score (nSPS) is 18.6. The first-order chi connectivity index (χ1) is 14.7. The molecule has 4 rings (SSSR count). The second-order valence-corrected chi connectivity index (χ2v) is 8.74. The molecule has 0 unspecified atom stereocenters. The van der Waals surface area contributed by atoms with Crippen LogP contribution in [0.5, 0.6) is 5.75 Å². The molecule has 2 heterocycles. The number of amides is 1. The fourth-order valence-corrected chi connectivity index (χ4v) is 3.98. The molecule has 3 aromatic rings. The van der Waals surface area contributed by atoms with E-state index in [9.17, 15) is 15.1 Å². The van der Waals surface area contributed by atoms with Crippen LogP contribution in [0.15, 0.2) is 36.5 Å². The van der Waals surface area contributed by atoms with E-state index in [1.54, 1.807) is 25.1 Å². The highest BCUT2D eigenvalue weighted by Crippen LogP contribution is 2.44. The number of nitrogens with one attached hydrogen (secondary N) is 1. The summed E-state index contributed by atoms with van der Waals surface area (Å²) in [5.74, 6) is 0.345. The summed E-state index contributed by atoms with van der Waals surface area (Å²) in [7, 11) is 0. The lowest BCUT2D eigenvalue weighted by Gasteiger charge is -2.42. The number of hydrogen-bond donors (Lipinski definition) is 3. The molecule has 8 heteroatoms. The van der Waals surface area contributed by atoms with Gasteiger partial charge in [0.15, 0.2) is 0 Å². The molecule has 31 heavy (non-hydrogen) atoms. The van der Waals surface area contributed by atoms with Crippen molar-refractivity contribution < 1.29 is 24.6 Å². The van der Waals surface area contributed by atoms with Crippen molar-refractivity contribution in [2.24, 2.45) is 5.92 Å². The van der Waals surface area contributed by atoms with Gasteiger partial charge in [0.25, 0.3) is 0 Å². The molecule has 1 fully saturated rings. The van der Waals surface area contributed by atoms with Crippen LogP contribution in [0.4, 0.5) is 5.69 Å². The molecule has 0 aliphatic heterocycles. The minimum atomic E-state index is -0.679. The smallest absolute Gasteiger partial charge is 0.325 e. The SMILES string of the molecule is CCOc1cc2nn(C3CC(C(C)(C)O)C3)cc2cc1NC(=O)c1cccc(C)[n+]1O. The maximum atomic E-state index is 12.8. The molecule has 3 N–H and O–H groups in total. The maximum Gasteiger partial charge on any atom is 0.325 e. The first-order valence-corrected chi connectivity index (χ1v) is 10.6. The van der Waals surface area contributed by atoms with Gasteiger partial charge in [-0.3, -0.25) is 14.7 Å². The van der Waals surface area contributed by atoms with Crippen molar-refractivity contribution in [2.45, 2.75) is 52.2 Å². The summed E-state index contributed by atoms with van der Waals surface area (Å²) in [5, 5.41) is 28.8. The van der Waals surface area contributed by atoms with Crippen LogP contribution in [0.3, 0.4) is 0 Å². The number of aryl methyl sites for hydroxylation is 1. The molecule has 2 aromatic heterocycles. The number of nitrogens with zero attached hydrogens (tertiary/aromatic N) is 3. The zero-order valence-corrected chi connectivity index (χ0v) is 18.3. The van der Waals surface area contributed by atoms with Gasteiger partial charge in [0.1, 0.15) is 5.75 Å². The minimum absolute atomic E-state index is 0.130. The number of ether oxygens (including phenoxy) is 1. The third kappa shape index (κ3) is 4.07. The fraction of sp³-hybridized carbons (Fsp3) is 0.435. The number of pyridine rings is 1. The highest BCUT2D eigenvalue weighted by Gasteiger charge is 2.40. The molecule has 1 aliphatic rings. The molecule has 164 valence electrons. The van der Waals surface area contributed by atoms with Gasteiger partial charge in [0, 0.05) is 41.4 Å². The van der Waals surface area contributed by atoms with Gasteiger partial charge in [0.2, 0.25) is 5.69 Å². The quantitative estimate of drug-likeness (QED) is 0.416. The summed E-state index contributed by atoms with van der Waals surface area (Å²) < 4.78 is 8.55. The zero-order valence-electron chi connectivity index (χ0n) is 18.3. The van der Waals surface area contributed by atoms with Gasteiger partial charge >= 0.3 is 11.6 Å². The molecule has 0 spiro atoms. The highest BCUT2D eigenvalue weighted by atomic mass is 16.5. The molecule has 1 amide bonds. The molecular weight excluding hydrogens is 396 g/mol. The number of aromatic nitrogens is 3.